The molecule has 0 aliphatic carbocycles. The van der Waals surface area contributed by atoms with Crippen molar-refractivity contribution < 1.29 is 9.84 Å². The molecule has 1 N–H and O–H groups in total. The van der Waals surface area contributed by atoms with Crippen LogP contribution in [0.3, 0.4) is 0 Å². The molecular weight excluding hydrogens is 152 g/mol. The lowest BCUT2D eigenvalue weighted by atomic mass is 10.0. The van der Waals surface area contributed by atoms with E-state index in [0.717, 1.165) is 31.4 Å². The van der Waals surface area contributed by atoms with Crippen molar-refractivity contribution in [2.75, 3.05) is 6.61 Å². The highest BCUT2D eigenvalue weighted by Crippen LogP contribution is 2.19. The van der Waals surface area contributed by atoms with E-state index in [2.05, 4.69) is 6.58 Å². The van der Waals surface area contributed by atoms with Crippen LogP contribution in [0.5, 0.6) is 0 Å². The number of hydrogen-bond acceptors (Lipinski definition) is 2. The van der Waals surface area contributed by atoms with Crippen molar-refractivity contribution in [2.24, 2.45) is 0 Å². The van der Waals surface area contributed by atoms with E-state index in [-0.39, 0.29) is 6.10 Å². The molecule has 0 bridgehead atoms. The van der Waals surface area contributed by atoms with Gasteiger partial charge in [-0.3, -0.25) is 0 Å². The summed E-state index contributed by atoms with van der Waals surface area (Å²) >= 11 is 0. The Morgan fingerprint density at radius 2 is 2.50 bits per heavy atom. The first-order valence-corrected chi connectivity index (χ1v) is 4.62. The van der Waals surface area contributed by atoms with Gasteiger partial charge in [0, 0.05) is 6.61 Å². The van der Waals surface area contributed by atoms with Crippen molar-refractivity contribution in [1.29, 1.82) is 0 Å². The van der Waals surface area contributed by atoms with E-state index >= 15 is 0 Å². The maximum absolute atomic E-state index is 9.54. The Labute approximate surface area is 74.2 Å². The van der Waals surface area contributed by atoms with E-state index in [9.17, 15) is 5.11 Å². The van der Waals surface area contributed by atoms with Gasteiger partial charge in [-0.25, -0.2) is 0 Å². The smallest absolute Gasteiger partial charge is 0.0601 e. The number of hydrogen-bond donors (Lipinski definition) is 1. The average Bonchev–Trinajstić information content (AvgIpc) is 2.37. The molecule has 1 aliphatic heterocycles. The molecule has 0 aromatic carbocycles. The predicted molar refractivity (Wildman–Crippen MR) is 49.0 cm³/mol. The van der Waals surface area contributed by atoms with E-state index < -0.39 is 0 Å². The zero-order chi connectivity index (χ0) is 8.97. The fourth-order valence-electron chi connectivity index (χ4n) is 1.62. The van der Waals surface area contributed by atoms with Crippen molar-refractivity contribution in [3.63, 3.8) is 0 Å². The minimum atomic E-state index is -0.259. The van der Waals surface area contributed by atoms with Gasteiger partial charge < -0.3 is 9.84 Å². The van der Waals surface area contributed by atoms with Crippen molar-refractivity contribution in [2.45, 2.75) is 44.8 Å². The maximum atomic E-state index is 9.54. The van der Waals surface area contributed by atoms with E-state index in [1.807, 2.05) is 6.92 Å². The first-order chi connectivity index (χ1) is 5.68. The Morgan fingerprint density at radius 3 is 3.00 bits per heavy atom. The van der Waals surface area contributed by atoms with E-state index in [0.29, 0.717) is 12.5 Å². The highest BCUT2D eigenvalue weighted by Gasteiger charge is 2.19. The van der Waals surface area contributed by atoms with Crippen LogP contribution in [0.2, 0.25) is 0 Å². The van der Waals surface area contributed by atoms with Gasteiger partial charge in [0.25, 0.3) is 0 Å². The second-order valence-corrected chi connectivity index (χ2v) is 3.69. The monoisotopic (exact) mass is 170 g/mol. The van der Waals surface area contributed by atoms with Crippen LogP contribution in [0, 0.1) is 0 Å². The molecule has 12 heavy (non-hydrogen) atoms. The molecule has 0 amide bonds. The molecule has 70 valence electrons. The van der Waals surface area contributed by atoms with Crippen LogP contribution in [0.4, 0.5) is 0 Å². The van der Waals surface area contributed by atoms with E-state index in [4.69, 9.17) is 4.74 Å². The molecule has 1 aliphatic rings. The normalized spacial score (nSPS) is 25.7. The van der Waals surface area contributed by atoms with Crippen molar-refractivity contribution in [3.05, 3.63) is 12.2 Å². The molecule has 1 heterocycles. The molecule has 0 aromatic rings. The summed E-state index contributed by atoms with van der Waals surface area (Å²) in [5.41, 5.74) is 1.04. The first kappa shape index (κ1) is 9.75. The molecule has 2 unspecified atom stereocenters. The summed E-state index contributed by atoms with van der Waals surface area (Å²) in [5, 5.41) is 9.54. The lowest BCUT2D eigenvalue weighted by Gasteiger charge is -2.14. The van der Waals surface area contributed by atoms with Crippen LogP contribution in [0.25, 0.3) is 0 Å². The average molecular weight is 170 g/mol. The molecule has 2 heteroatoms. The summed E-state index contributed by atoms with van der Waals surface area (Å²) in [7, 11) is 0. The van der Waals surface area contributed by atoms with Crippen molar-refractivity contribution in [3.8, 4) is 0 Å². The van der Waals surface area contributed by atoms with Gasteiger partial charge in [0.05, 0.1) is 12.2 Å². The number of aliphatic hydroxyl groups excluding tert-OH is 1. The molecular formula is C10H18O2. The number of rotatable bonds is 4. The van der Waals surface area contributed by atoms with Gasteiger partial charge in [-0.2, -0.15) is 0 Å². The summed E-state index contributed by atoms with van der Waals surface area (Å²) in [6, 6.07) is 0. The zero-order valence-corrected chi connectivity index (χ0v) is 7.75. The Bertz CT molecular complexity index is 148. The van der Waals surface area contributed by atoms with E-state index in [1.165, 1.54) is 0 Å². The molecule has 0 radical (unpaired) electrons. The Hall–Kier alpha value is -0.340. The SMILES string of the molecule is C=C(C)CC(O)CC1CCCO1. The molecule has 1 fully saturated rings. The quantitative estimate of drug-likeness (QED) is 0.653. The van der Waals surface area contributed by atoms with E-state index in [1.54, 1.807) is 0 Å². The molecule has 2 nitrogen and oxygen atoms in total. The number of aliphatic hydroxyl groups is 1. The predicted octanol–water partition coefficient (Wildman–Crippen LogP) is 1.88. The van der Waals surface area contributed by atoms with Gasteiger partial charge in [0.1, 0.15) is 0 Å². The summed E-state index contributed by atoms with van der Waals surface area (Å²) in [5.74, 6) is 0. The molecule has 1 rings (SSSR count). The molecule has 1 saturated heterocycles. The molecule has 0 spiro atoms. The first-order valence-electron chi connectivity index (χ1n) is 4.62. The lowest BCUT2D eigenvalue weighted by Crippen LogP contribution is -2.16. The largest absolute Gasteiger partial charge is 0.393 e. The summed E-state index contributed by atoms with van der Waals surface area (Å²) in [6.45, 7) is 6.58. The third-order valence-electron chi connectivity index (χ3n) is 2.14. The lowest BCUT2D eigenvalue weighted by molar-refractivity contribution is 0.0541. The zero-order valence-electron chi connectivity index (χ0n) is 7.75. The summed E-state index contributed by atoms with van der Waals surface area (Å²) in [4.78, 5) is 0. The Morgan fingerprint density at radius 1 is 1.75 bits per heavy atom. The highest BCUT2D eigenvalue weighted by molar-refractivity contribution is 4.91. The van der Waals surface area contributed by atoms with Crippen LogP contribution in [0.1, 0.15) is 32.6 Å². The van der Waals surface area contributed by atoms with Crippen LogP contribution in [0.15, 0.2) is 12.2 Å². The third-order valence-corrected chi connectivity index (χ3v) is 2.14. The van der Waals surface area contributed by atoms with Crippen LogP contribution in [-0.2, 0) is 4.74 Å². The Kier molecular flexibility index (Phi) is 3.76. The molecule has 0 saturated carbocycles. The molecule has 2 atom stereocenters. The van der Waals surface area contributed by atoms with Crippen molar-refractivity contribution >= 4 is 0 Å². The van der Waals surface area contributed by atoms with Gasteiger partial charge in [-0.1, -0.05) is 5.57 Å². The van der Waals surface area contributed by atoms with Gasteiger partial charge >= 0.3 is 0 Å². The van der Waals surface area contributed by atoms with Gasteiger partial charge in [0.15, 0.2) is 0 Å². The maximum Gasteiger partial charge on any atom is 0.0601 e. The summed E-state index contributed by atoms with van der Waals surface area (Å²) < 4.78 is 5.42. The van der Waals surface area contributed by atoms with Gasteiger partial charge in [-0.05, 0) is 32.6 Å². The fraction of sp³-hybridized carbons (Fsp3) is 0.800. The number of ether oxygens (including phenoxy) is 1. The topological polar surface area (TPSA) is 29.5 Å². The van der Waals surface area contributed by atoms with Gasteiger partial charge in [0.2, 0.25) is 0 Å². The second-order valence-electron chi connectivity index (χ2n) is 3.69. The van der Waals surface area contributed by atoms with Crippen molar-refractivity contribution in [1.82, 2.24) is 0 Å². The minimum Gasteiger partial charge on any atom is -0.393 e. The van der Waals surface area contributed by atoms with Gasteiger partial charge in [-0.15, -0.1) is 6.58 Å². The summed E-state index contributed by atoms with van der Waals surface area (Å²) in [6.07, 6.45) is 3.76. The standard InChI is InChI=1S/C10H18O2/c1-8(2)6-9(11)7-10-4-3-5-12-10/h9-11H,1,3-7H2,2H3. The van der Waals surface area contributed by atoms with Crippen LogP contribution < -0.4 is 0 Å². The highest BCUT2D eigenvalue weighted by atomic mass is 16.5. The fourth-order valence-corrected chi connectivity index (χ4v) is 1.62. The molecule has 0 aromatic heterocycles. The van der Waals surface area contributed by atoms with Crippen LogP contribution in [-0.4, -0.2) is 23.9 Å². The third kappa shape index (κ3) is 3.37. The second kappa shape index (κ2) is 4.63. The minimum absolute atomic E-state index is 0.259. The van der Waals surface area contributed by atoms with Crippen LogP contribution >= 0.6 is 0 Å². The Balaban J connectivity index is 2.16.